The summed E-state index contributed by atoms with van der Waals surface area (Å²) in [6.45, 7) is 5.06. The number of nitrogens with zero attached hydrogens (tertiary/aromatic N) is 1. The third-order valence-electron chi connectivity index (χ3n) is 2.44. The highest BCUT2D eigenvalue weighted by atomic mass is 16.2. The zero-order chi connectivity index (χ0) is 9.14. The first kappa shape index (κ1) is 9.52. The molecule has 0 aromatic heterocycles. The Morgan fingerprint density at radius 1 is 1.58 bits per heavy atom. The number of nitrogens with one attached hydrogen (secondary N) is 1. The van der Waals surface area contributed by atoms with Gasteiger partial charge >= 0.3 is 0 Å². The Morgan fingerprint density at radius 2 is 2.25 bits per heavy atom. The highest BCUT2D eigenvalue weighted by molar-refractivity contribution is 5.82. The molecule has 0 aliphatic carbocycles. The maximum atomic E-state index is 11.7. The quantitative estimate of drug-likeness (QED) is 0.658. The van der Waals surface area contributed by atoms with Gasteiger partial charge < -0.3 is 10.2 Å². The monoisotopic (exact) mass is 170 g/mol. The largest absolute Gasteiger partial charge is 0.339 e. The van der Waals surface area contributed by atoms with Crippen molar-refractivity contribution in [3.8, 4) is 0 Å². The normalized spacial score (nSPS) is 25.2. The highest BCUT2D eigenvalue weighted by Crippen LogP contribution is 2.13. The Labute approximate surface area is 74.1 Å². The number of likely N-dealkylation sites (N-methyl/N-ethyl adjacent to an activating group) is 1. The van der Waals surface area contributed by atoms with E-state index in [1.807, 2.05) is 11.9 Å². The summed E-state index contributed by atoms with van der Waals surface area (Å²) in [7, 11) is 1.85. The molecule has 1 saturated heterocycles. The van der Waals surface area contributed by atoms with E-state index in [-0.39, 0.29) is 11.9 Å². The summed E-state index contributed by atoms with van der Waals surface area (Å²) in [5.41, 5.74) is 0. The van der Waals surface area contributed by atoms with Crippen LogP contribution < -0.4 is 5.32 Å². The lowest BCUT2D eigenvalue weighted by atomic mass is 10.0. The van der Waals surface area contributed by atoms with E-state index in [1.54, 1.807) is 0 Å². The summed E-state index contributed by atoms with van der Waals surface area (Å²) in [5, 5.41) is 3.05. The topological polar surface area (TPSA) is 32.3 Å². The molecule has 3 nitrogen and oxygen atoms in total. The smallest absolute Gasteiger partial charge is 0.239 e. The summed E-state index contributed by atoms with van der Waals surface area (Å²) in [5.74, 6) is 0.263. The number of piperidine rings is 1. The lowest BCUT2D eigenvalue weighted by molar-refractivity contribution is -0.137. The molecule has 0 saturated carbocycles. The van der Waals surface area contributed by atoms with Crippen LogP contribution in [0.25, 0.3) is 0 Å². The number of amides is 1. The number of carbonyl (C=O) groups excluding carboxylic acids is 1. The van der Waals surface area contributed by atoms with E-state index in [4.69, 9.17) is 0 Å². The highest BCUT2D eigenvalue weighted by Gasteiger charge is 2.28. The van der Waals surface area contributed by atoms with Crippen LogP contribution in [0.3, 0.4) is 0 Å². The molecule has 1 aliphatic heterocycles. The fourth-order valence-corrected chi connectivity index (χ4v) is 1.68. The van der Waals surface area contributed by atoms with Gasteiger partial charge in [-0.1, -0.05) is 0 Å². The van der Waals surface area contributed by atoms with Gasteiger partial charge in [0.2, 0.25) is 5.91 Å². The summed E-state index contributed by atoms with van der Waals surface area (Å²) in [4.78, 5) is 13.6. The zero-order valence-corrected chi connectivity index (χ0v) is 8.13. The van der Waals surface area contributed by atoms with E-state index in [1.165, 1.54) is 0 Å². The van der Waals surface area contributed by atoms with Gasteiger partial charge in [0.25, 0.3) is 0 Å². The van der Waals surface area contributed by atoms with Crippen molar-refractivity contribution < 1.29 is 4.79 Å². The molecule has 1 heterocycles. The number of rotatable bonds is 2. The van der Waals surface area contributed by atoms with Crippen molar-refractivity contribution in [3.05, 3.63) is 0 Å². The molecular formula is C9H18N2O. The van der Waals surface area contributed by atoms with Crippen LogP contribution in [-0.2, 0) is 4.79 Å². The van der Waals surface area contributed by atoms with Gasteiger partial charge in [0, 0.05) is 12.6 Å². The lowest BCUT2D eigenvalue weighted by Gasteiger charge is -2.34. The van der Waals surface area contributed by atoms with Crippen LogP contribution in [0.5, 0.6) is 0 Å². The number of hydrogen-bond donors (Lipinski definition) is 1. The van der Waals surface area contributed by atoms with Crippen molar-refractivity contribution in [1.29, 1.82) is 0 Å². The average molecular weight is 170 g/mol. The lowest BCUT2D eigenvalue weighted by Crippen LogP contribution is -2.51. The molecule has 0 aromatic rings. The Balaban J connectivity index is 2.59. The Bertz CT molecular complexity index is 168. The van der Waals surface area contributed by atoms with E-state index in [2.05, 4.69) is 19.2 Å². The standard InChI is InChI=1S/C9H18N2O/c1-7(2)11-6-4-5-8(10-3)9(11)12/h7-8,10H,4-6H2,1-3H3. The van der Waals surface area contributed by atoms with Gasteiger partial charge in [-0.2, -0.15) is 0 Å². The van der Waals surface area contributed by atoms with E-state index >= 15 is 0 Å². The van der Waals surface area contributed by atoms with Crippen LogP contribution >= 0.6 is 0 Å². The van der Waals surface area contributed by atoms with Gasteiger partial charge in [-0.15, -0.1) is 0 Å². The Morgan fingerprint density at radius 3 is 2.75 bits per heavy atom. The molecule has 0 aromatic carbocycles. The van der Waals surface area contributed by atoms with Crippen LogP contribution in [0.1, 0.15) is 26.7 Å². The summed E-state index contributed by atoms with van der Waals surface area (Å²) in [6, 6.07) is 0.398. The predicted molar refractivity (Wildman–Crippen MR) is 48.9 cm³/mol. The van der Waals surface area contributed by atoms with E-state index in [0.29, 0.717) is 6.04 Å². The first-order valence-electron chi connectivity index (χ1n) is 4.64. The van der Waals surface area contributed by atoms with Crippen molar-refractivity contribution in [1.82, 2.24) is 10.2 Å². The number of carbonyl (C=O) groups is 1. The van der Waals surface area contributed by atoms with Gasteiger partial charge in [0.15, 0.2) is 0 Å². The van der Waals surface area contributed by atoms with E-state index in [0.717, 1.165) is 19.4 Å². The van der Waals surface area contributed by atoms with Crippen molar-refractivity contribution in [3.63, 3.8) is 0 Å². The van der Waals surface area contributed by atoms with E-state index < -0.39 is 0 Å². The van der Waals surface area contributed by atoms with Crippen LogP contribution in [0, 0.1) is 0 Å². The maximum absolute atomic E-state index is 11.7. The van der Waals surface area contributed by atoms with Gasteiger partial charge in [-0.3, -0.25) is 4.79 Å². The van der Waals surface area contributed by atoms with Crippen molar-refractivity contribution >= 4 is 5.91 Å². The fraction of sp³-hybridized carbons (Fsp3) is 0.889. The second-order valence-corrected chi connectivity index (χ2v) is 3.61. The van der Waals surface area contributed by atoms with E-state index in [9.17, 15) is 4.79 Å². The van der Waals surface area contributed by atoms with Crippen molar-refractivity contribution in [2.24, 2.45) is 0 Å². The SMILES string of the molecule is CNC1CCCN(C(C)C)C1=O. The number of likely N-dealkylation sites (tertiary alicyclic amines) is 1. The first-order chi connectivity index (χ1) is 5.66. The number of hydrogen-bond acceptors (Lipinski definition) is 2. The zero-order valence-electron chi connectivity index (χ0n) is 8.13. The molecule has 3 heteroatoms. The minimum absolute atomic E-state index is 0.0566. The first-order valence-corrected chi connectivity index (χ1v) is 4.64. The molecule has 0 spiro atoms. The second-order valence-electron chi connectivity index (χ2n) is 3.61. The minimum atomic E-state index is 0.0566. The molecule has 1 atom stereocenters. The molecule has 70 valence electrons. The van der Waals surface area contributed by atoms with Crippen molar-refractivity contribution in [2.45, 2.75) is 38.8 Å². The summed E-state index contributed by atoms with van der Waals surface area (Å²) >= 11 is 0. The average Bonchev–Trinajstić information content (AvgIpc) is 2.04. The summed E-state index contributed by atoms with van der Waals surface area (Å²) < 4.78 is 0. The van der Waals surface area contributed by atoms with Crippen LogP contribution in [-0.4, -0.2) is 36.5 Å². The molecule has 1 fully saturated rings. The molecule has 12 heavy (non-hydrogen) atoms. The third kappa shape index (κ3) is 1.78. The van der Waals surface area contributed by atoms with Gasteiger partial charge in [-0.05, 0) is 33.7 Å². The Kier molecular flexibility index (Phi) is 3.09. The van der Waals surface area contributed by atoms with Gasteiger partial charge in [0.05, 0.1) is 6.04 Å². The van der Waals surface area contributed by atoms with Gasteiger partial charge in [0.1, 0.15) is 0 Å². The molecule has 1 amide bonds. The molecule has 0 bridgehead atoms. The minimum Gasteiger partial charge on any atom is -0.339 e. The molecule has 1 N–H and O–H groups in total. The third-order valence-corrected chi connectivity index (χ3v) is 2.44. The molecule has 1 aliphatic rings. The fourth-order valence-electron chi connectivity index (χ4n) is 1.68. The second kappa shape index (κ2) is 3.90. The van der Waals surface area contributed by atoms with Crippen LogP contribution in [0.2, 0.25) is 0 Å². The predicted octanol–water partition coefficient (Wildman–Crippen LogP) is 0.605. The molecular weight excluding hydrogens is 152 g/mol. The van der Waals surface area contributed by atoms with Gasteiger partial charge in [-0.25, -0.2) is 0 Å². The van der Waals surface area contributed by atoms with Crippen molar-refractivity contribution in [2.75, 3.05) is 13.6 Å². The molecule has 1 rings (SSSR count). The van der Waals surface area contributed by atoms with Crippen LogP contribution in [0.15, 0.2) is 0 Å². The molecule has 0 radical (unpaired) electrons. The Hall–Kier alpha value is -0.570. The maximum Gasteiger partial charge on any atom is 0.239 e. The van der Waals surface area contributed by atoms with Crippen LogP contribution in [0.4, 0.5) is 0 Å². The molecule has 1 unspecified atom stereocenters. The summed E-state index contributed by atoms with van der Waals surface area (Å²) in [6.07, 6.45) is 2.11.